The molecule has 0 spiro atoms. The zero-order valence-electron chi connectivity index (χ0n) is 14.1. The number of thioether (sulfide) groups is 1. The first-order valence-electron chi connectivity index (χ1n) is 7.83. The number of aliphatic carboxylic acids is 1. The Morgan fingerprint density at radius 1 is 1.50 bits per heavy atom. The number of ether oxygens (including phenoxy) is 1. The third-order valence-electron chi connectivity index (χ3n) is 4.10. The molecule has 4 N–H and O–H groups in total. The number of nitrogens with zero attached hydrogens (tertiary/aromatic N) is 2. The second-order valence-corrected chi connectivity index (χ2v) is 6.89. The first-order chi connectivity index (χ1) is 13.3. The van der Waals surface area contributed by atoms with Gasteiger partial charge in [0, 0.05) is 11.3 Å². The molecule has 2 aliphatic heterocycles. The van der Waals surface area contributed by atoms with Gasteiger partial charge in [-0.2, -0.15) is 0 Å². The maximum Gasteiger partial charge on any atom is 0.404 e. The van der Waals surface area contributed by atoms with E-state index >= 15 is 0 Å². The summed E-state index contributed by atoms with van der Waals surface area (Å²) in [6.07, 6.45) is 0.197. The van der Waals surface area contributed by atoms with Crippen LogP contribution < -0.4 is 11.1 Å². The van der Waals surface area contributed by atoms with Crippen LogP contribution in [0, 0.1) is 4.91 Å². The Kier molecular flexibility index (Phi) is 5.35. The SMILES string of the molecule is NC(=O)OCC1=C(C(=O)O)N2C(=O)[C@@H](NC(=O)C(N=O)c3ccco3)[C@H]2SC1. The zero-order chi connectivity index (χ0) is 20.4. The molecule has 1 fully saturated rings. The van der Waals surface area contributed by atoms with E-state index in [1.807, 2.05) is 0 Å². The molecule has 1 saturated heterocycles. The fraction of sp³-hybridized carbons (Fsp3) is 0.333. The topological polar surface area (TPSA) is 182 Å². The van der Waals surface area contributed by atoms with Gasteiger partial charge in [-0.15, -0.1) is 16.7 Å². The van der Waals surface area contributed by atoms with Crippen LogP contribution in [-0.4, -0.2) is 57.7 Å². The van der Waals surface area contributed by atoms with E-state index in [9.17, 15) is 29.2 Å². The van der Waals surface area contributed by atoms with Gasteiger partial charge in [-0.1, -0.05) is 0 Å². The number of primary amides is 1. The lowest BCUT2D eigenvalue weighted by atomic mass is 10.0. The van der Waals surface area contributed by atoms with Crippen LogP contribution in [0.3, 0.4) is 0 Å². The Balaban J connectivity index is 1.74. The number of nitrogens with one attached hydrogen (secondary N) is 1. The predicted molar refractivity (Wildman–Crippen MR) is 92.5 cm³/mol. The molecule has 1 unspecified atom stereocenters. The van der Waals surface area contributed by atoms with Gasteiger partial charge in [0.2, 0.25) is 6.04 Å². The number of amides is 3. The van der Waals surface area contributed by atoms with Gasteiger partial charge >= 0.3 is 12.1 Å². The van der Waals surface area contributed by atoms with E-state index < -0.39 is 41.3 Å². The Morgan fingerprint density at radius 2 is 2.25 bits per heavy atom. The molecule has 3 heterocycles. The molecular weight excluding hydrogens is 396 g/mol. The van der Waals surface area contributed by atoms with Crippen molar-refractivity contribution in [1.29, 1.82) is 0 Å². The number of carboxylic acid groups (broad SMARTS) is 1. The lowest BCUT2D eigenvalue weighted by Crippen LogP contribution is -2.70. The van der Waals surface area contributed by atoms with Crippen molar-refractivity contribution in [3.05, 3.63) is 40.3 Å². The van der Waals surface area contributed by atoms with E-state index in [1.54, 1.807) is 0 Å². The maximum atomic E-state index is 12.5. The first kappa shape index (κ1) is 19.4. The average Bonchev–Trinajstić information content (AvgIpc) is 3.18. The highest BCUT2D eigenvalue weighted by molar-refractivity contribution is 8.00. The summed E-state index contributed by atoms with van der Waals surface area (Å²) in [4.78, 5) is 59.1. The second kappa shape index (κ2) is 7.72. The molecule has 0 radical (unpaired) electrons. The molecule has 1 aromatic heterocycles. The number of nitroso groups, excluding NO2 is 1. The summed E-state index contributed by atoms with van der Waals surface area (Å²) >= 11 is 1.17. The van der Waals surface area contributed by atoms with Crippen molar-refractivity contribution in [1.82, 2.24) is 10.2 Å². The van der Waals surface area contributed by atoms with Crippen LogP contribution in [0.25, 0.3) is 0 Å². The largest absolute Gasteiger partial charge is 0.477 e. The number of hydrogen-bond acceptors (Lipinski definition) is 9. The van der Waals surface area contributed by atoms with E-state index in [2.05, 4.69) is 15.2 Å². The number of carbonyl (C=O) groups is 4. The van der Waals surface area contributed by atoms with Gasteiger partial charge in [0.25, 0.3) is 11.8 Å². The molecule has 3 atom stereocenters. The number of hydrogen-bond donors (Lipinski definition) is 3. The van der Waals surface area contributed by atoms with Crippen molar-refractivity contribution in [2.45, 2.75) is 17.5 Å². The highest BCUT2D eigenvalue weighted by atomic mass is 32.2. The lowest BCUT2D eigenvalue weighted by molar-refractivity contribution is -0.151. The summed E-state index contributed by atoms with van der Waals surface area (Å²) in [5.74, 6) is -2.74. The minimum atomic E-state index is -1.47. The van der Waals surface area contributed by atoms with E-state index in [4.69, 9.17) is 10.2 Å². The summed E-state index contributed by atoms with van der Waals surface area (Å²) in [5.41, 5.74) is 4.76. The molecule has 13 heteroatoms. The van der Waals surface area contributed by atoms with Crippen molar-refractivity contribution in [2.24, 2.45) is 10.9 Å². The Bertz CT molecular complexity index is 867. The molecular formula is C15H14N4O8S. The number of rotatable bonds is 7. The minimum Gasteiger partial charge on any atom is -0.477 e. The number of carboxylic acids is 1. The van der Waals surface area contributed by atoms with Gasteiger partial charge in [0.05, 0.1) is 6.26 Å². The fourth-order valence-corrected chi connectivity index (χ4v) is 4.19. The number of β-lactam (4-membered cyclic amide) rings is 1. The molecule has 0 aliphatic carbocycles. The first-order valence-corrected chi connectivity index (χ1v) is 8.88. The summed E-state index contributed by atoms with van der Waals surface area (Å²) in [6.45, 7) is -0.368. The Morgan fingerprint density at radius 3 is 2.82 bits per heavy atom. The van der Waals surface area contributed by atoms with Gasteiger partial charge in [-0.3, -0.25) is 14.5 Å². The average molecular weight is 410 g/mol. The molecule has 148 valence electrons. The van der Waals surface area contributed by atoms with E-state index in [-0.39, 0.29) is 29.4 Å². The van der Waals surface area contributed by atoms with Crippen LogP contribution >= 0.6 is 11.8 Å². The van der Waals surface area contributed by atoms with Crippen LogP contribution in [0.2, 0.25) is 0 Å². The molecule has 28 heavy (non-hydrogen) atoms. The van der Waals surface area contributed by atoms with Crippen LogP contribution in [0.15, 0.2) is 39.3 Å². The molecule has 2 aliphatic rings. The van der Waals surface area contributed by atoms with Crippen molar-refractivity contribution >= 4 is 35.6 Å². The highest BCUT2D eigenvalue weighted by Crippen LogP contribution is 2.40. The van der Waals surface area contributed by atoms with Crippen LogP contribution in [0.5, 0.6) is 0 Å². The van der Waals surface area contributed by atoms with Crippen molar-refractivity contribution in [3.63, 3.8) is 0 Å². The number of fused-ring (bicyclic) bond motifs is 1. The normalized spacial score (nSPS) is 22.0. The standard InChI is InChI=1S/C15H14N4O8S/c16-15(24)27-4-6-5-28-13-9(12(21)19(13)10(6)14(22)23)17-11(20)8(18-25)7-2-1-3-26-7/h1-3,8-9,13H,4-5H2,(H2,16,24)(H,17,20)(H,22,23)/t8?,9-,13-/m1/s1. The molecule has 0 bridgehead atoms. The Labute approximate surface area is 161 Å². The molecule has 3 rings (SSSR count). The molecule has 0 aromatic carbocycles. The van der Waals surface area contributed by atoms with E-state index in [1.165, 1.54) is 30.2 Å². The van der Waals surface area contributed by atoms with Crippen LogP contribution in [0.4, 0.5) is 4.79 Å². The quantitative estimate of drug-likeness (QED) is 0.409. The van der Waals surface area contributed by atoms with Crippen molar-refractivity contribution in [3.8, 4) is 0 Å². The van der Waals surface area contributed by atoms with Crippen LogP contribution in [-0.2, 0) is 19.1 Å². The number of carbonyl (C=O) groups excluding carboxylic acids is 3. The summed E-state index contributed by atoms with van der Waals surface area (Å²) < 4.78 is 9.61. The molecule has 12 nitrogen and oxygen atoms in total. The predicted octanol–water partition coefficient (Wildman–Crippen LogP) is -0.0790. The van der Waals surface area contributed by atoms with E-state index in [0.29, 0.717) is 0 Å². The highest BCUT2D eigenvalue weighted by Gasteiger charge is 2.54. The second-order valence-electron chi connectivity index (χ2n) is 5.78. The monoisotopic (exact) mass is 410 g/mol. The van der Waals surface area contributed by atoms with Crippen molar-refractivity contribution < 1.29 is 33.4 Å². The summed E-state index contributed by atoms with van der Waals surface area (Å²) in [6, 6.07) is 0.365. The molecule has 0 saturated carbocycles. The van der Waals surface area contributed by atoms with Crippen LogP contribution in [0.1, 0.15) is 11.8 Å². The summed E-state index contributed by atoms with van der Waals surface area (Å²) in [7, 11) is 0. The third kappa shape index (κ3) is 3.43. The summed E-state index contributed by atoms with van der Waals surface area (Å²) in [5, 5.41) is 13.9. The third-order valence-corrected chi connectivity index (χ3v) is 5.44. The van der Waals surface area contributed by atoms with Gasteiger partial charge in [0.15, 0.2) is 0 Å². The molecule has 1 aromatic rings. The smallest absolute Gasteiger partial charge is 0.404 e. The van der Waals surface area contributed by atoms with Gasteiger partial charge in [-0.25, -0.2) is 9.59 Å². The lowest BCUT2D eigenvalue weighted by Gasteiger charge is -2.49. The minimum absolute atomic E-state index is 0.0180. The maximum absolute atomic E-state index is 12.5. The van der Waals surface area contributed by atoms with Gasteiger partial charge in [-0.05, 0) is 17.3 Å². The van der Waals surface area contributed by atoms with E-state index in [0.717, 1.165) is 4.90 Å². The van der Waals surface area contributed by atoms with Crippen molar-refractivity contribution in [2.75, 3.05) is 12.4 Å². The number of nitrogens with two attached hydrogens (primary N) is 1. The fourth-order valence-electron chi connectivity index (χ4n) is 2.86. The zero-order valence-corrected chi connectivity index (χ0v) is 14.9. The van der Waals surface area contributed by atoms with Gasteiger partial charge < -0.3 is 25.3 Å². The Hall–Kier alpha value is -3.35. The van der Waals surface area contributed by atoms with Gasteiger partial charge in [0.1, 0.15) is 29.5 Å². The molecule has 3 amide bonds. The number of furan rings is 1.